The average Bonchev–Trinajstić information content (AvgIpc) is 4.03. The third kappa shape index (κ3) is 9.23. The van der Waals surface area contributed by atoms with Crippen molar-refractivity contribution in [3.8, 4) is 11.3 Å². The summed E-state index contributed by atoms with van der Waals surface area (Å²) in [6.07, 6.45) is 2.89. The van der Waals surface area contributed by atoms with Gasteiger partial charge in [-0.3, -0.25) is 23.9 Å². The molecule has 3 amide bonds. The highest BCUT2D eigenvalue weighted by Gasteiger charge is 2.79. The number of nitrogens with one attached hydrogen (secondary N) is 1. The van der Waals surface area contributed by atoms with Crippen LogP contribution in [0, 0.1) is 39.8 Å². The third-order valence-corrected chi connectivity index (χ3v) is 14.7. The molecule has 0 bridgehead atoms. The van der Waals surface area contributed by atoms with Crippen molar-refractivity contribution in [2.45, 2.75) is 128 Å². The molecule has 1 aromatic carbocycles. The third-order valence-electron chi connectivity index (χ3n) is 14.4. The first-order valence-corrected chi connectivity index (χ1v) is 22.3. The van der Waals surface area contributed by atoms with Crippen LogP contribution in [0.15, 0.2) is 30.4 Å². The quantitative estimate of drug-likeness (QED) is 0.133. The van der Waals surface area contributed by atoms with Gasteiger partial charge in [0.2, 0.25) is 0 Å². The molecule has 0 radical (unpaired) electrons. The zero-order valence-electron chi connectivity index (χ0n) is 36.7. The number of carboxylic acid groups (broad SMARTS) is 1. The summed E-state index contributed by atoms with van der Waals surface area (Å²) >= 11 is 5.88. The zero-order chi connectivity index (χ0) is 48.6. The Balaban J connectivity index is 0.000000155. The maximum absolute atomic E-state index is 13.6. The van der Waals surface area contributed by atoms with Crippen molar-refractivity contribution in [1.82, 2.24) is 20.0 Å². The molecule has 7 saturated carbocycles. The molecule has 0 saturated heterocycles. The fourth-order valence-corrected chi connectivity index (χ4v) is 10.5. The standard InChI is InChI=1S/C21H21ClF3N5O2.C9H12F2O2.C8H12O2.C7H8F2O2/c1-19(8-20(9-19)10-21(20,24)25)27-18(32)29-4-5-30-14(7-29)15(17(26)31)16(28-30)11-2-3-13(23)12(22)6-11;1-2-13-7(12)6-3-8(4-6)5-9(8,10)11;1-3-10-8(9)7-4-6(2)5-7;8-7(9)3-6(7)1-4(2-6)5(10)11/h2-3,6H,4-5,7-10H2,1H3,(H2,26,31)(H,27,32);6H,2-5H2,1H3;7H,2-5H2,1H3;4H,1-3H2,(H,10,11). The van der Waals surface area contributed by atoms with Gasteiger partial charge in [-0.25, -0.2) is 35.5 Å². The van der Waals surface area contributed by atoms with E-state index in [1.54, 1.807) is 18.5 Å². The topological polar surface area (TPSA) is 183 Å². The van der Waals surface area contributed by atoms with Crippen molar-refractivity contribution in [1.29, 1.82) is 0 Å². The van der Waals surface area contributed by atoms with Gasteiger partial charge in [0.1, 0.15) is 11.5 Å². The van der Waals surface area contributed by atoms with E-state index in [2.05, 4.69) is 17.0 Å². The number of carboxylic acids is 1. The van der Waals surface area contributed by atoms with E-state index in [0.29, 0.717) is 50.4 Å². The number of ether oxygens (including phenoxy) is 2. The molecule has 7 aliphatic carbocycles. The Morgan fingerprint density at radius 1 is 0.833 bits per heavy atom. The molecule has 2 heterocycles. The van der Waals surface area contributed by atoms with Crippen LogP contribution in [0.4, 0.5) is 35.5 Å². The summed E-state index contributed by atoms with van der Waals surface area (Å²) in [5.74, 6) is -11.0. The maximum Gasteiger partial charge on any atom is 0.318 e. The highest BCUT2D eigenvalue weighted by Crippen LogP contribution is 2.74. The number of carbonyl (C=O) groups excluding carboxylic acids is 4. The second-order valence-electron chi connectivity index (χ2n) is 19.5. The Bertz CT molecular complexity index is 2310. The lowest BCUT2D eigenvalue weighted by Gasteiger charge is -2.47. The molecular weight excluding hydrogens is 907 g/mol. The first kappa shape index (κ1) is 49.0. The molecule has 21 heteroatoms. The second-order valence-corrected chi connectivity index (χ2v) is 20.0. The molecule has 1 aromatic heterocycles. The van der Waals surface area contributed by atoms with Gasteiger partial charge in [-0.1, -0.05) is 23.8 Å². The molecule has 0 unspecified atom stereocenters. The SMILES string of the molecule is C=C1CC(C(=O)OCC)C1.CC1(NC(=O)N2CCn3nc(-c4ccc(F)c(Cl)c4)c(C(N)=O)c3C2)CC2(C1)CC2(F)F.CCOC(=O)C1CC2(C1)CC2(F)F.O=C(O)C1CC2(C1)CC2(F)F. The maximum atomic E-state index is 13.6. The van der Waals surface area contributed by atoms with E-state index >= 15 is 0 Å². The summed E-state index contributed by atoms with van der Waals surface area (Å²) in [6.45, 7) is 10.6. The summed E-state index contributed by atoms with van der Waals surface area (Å²) in [4.78, 5) is 58.9. The Morgan fingerprint density at radius 3 is 1.77 bits per heavy atom. The van der Waals surface area contributed by atoms with Crippen LogP contribution in [0.3, 0.4) is 0 Å². The fourth-order valence-electron chi connectivity index (χ4n) is 10.3. The van der Waals surface area contributed by atoms with Crippen molar-refractivity contribution < 1.29 is 69.3 Å². The van der Waals surface area contributed by atoms with E-state index in [9.17, 15) is 54.7 Å². The minimum atomic E-state index is -2.63. The molecule has 2 aromatic rings. The number of carbonyl (C=O) groups is 5. The highest BCUT2D eigenvalue weighted by atomic mass is 35.5. The van der Waals surface area contributed by atoms with Crippen molar-refractivity contribution in [2.24, 2.45) is 39.7 Å². The number of esters is 2. The van der Waals surface area contributed by atoms with Gasteiger partial charge in [0.25, 0.3) is 23.7 Å². The molecule has 1 aliphatic heterocycles. The number of rotatable bonds is 8. The Kier molecular flexibility index (Phi) is 12.6. The number of halogens is 8. The number of nitrogens with two attached hydrogens (primary N) is 1. The van der Waals surface area contributed by atoms with Gasteiger partial charge >= 0.3 is 23.9 Å². The summed E-state index contributed by atoms with van der Waals surface area (Å²) in [5, 5.41) is 15.6. The molecule has 362 valence electrons. The lowest BCUT2D eigenvalue weighted by atomic mass is 9.66. The van der Waals surface area contributed by atoms with Crippen LogP contribution >= 0.6 is 11.6 Å². The van der Waals surface area contributed by atoms with Crippen LogP contribution in [0.25, 0.3) is 11.3 Å². The van der Waals surface area contributed by atoms with Gasteiger partial charge in [-0.15, -0.1) is 0 Å². The number of fused-ring (bicyclic) bond motifs is 1. The van der Waals surface area contributed by atoms with Crippen molar-refractivity contribution in [2.75, 3.05) is 19.8 Å². The molecule has 4 N–H and O–H groups in total. The van der Waals surface area contributed by atoms with E-state index in [0.717, 1.165) is 18.4 Å². The number of nitrogens with zero attached hydrogens (tertiary/aromatic N) is 3. The summed E-state index contributed by atoms with van der Waals surface area (Å²) in [6, 6.07) is 3.60. The second kappa shape index (κ2) is 17.0. The zero-order valence-corrected chi connectivity index (χ0v) is 37.5. The van der Waals surface area contributed by atoms with Crippen LogP contribution in [0.1, 0.15) is 107 Å². The monoisotopic (exact) mass is 959 g/mol. The molecule has 0 atom stereocenters. The van der Waals surface area contributed by atoms with Gasteiger partial charge in [-0.2, -0.15) is 5.10 Å². The fraction of sp³-hybridized carbons (Fsp3) is 0.644. The minimum absolute atomic E-state index is 0.0318. The number of urea groups is 1. The lowest BCUT2D eigenvalue weighted by molar-refractivity contribution is -0.155. The van der Waals surface area contributed by atoms with Crippen molar-refractivity contribution in [3.63, 3.8) is 0 Å². The number of alkyl halides is 6. The number of benzene rings is 1. The molecule has 13 nitrogen and oxygen atoms in total. The van der Waals surface area contributed by atoms with Crippen LogP contribution in [-0.4, -0.2) is 92.7 Å². The van der Waals surface area contributed by atoms with Gasteiger partial charge in [0, 0.05) is 53.2 Å². The van der Waals surface area contributed by atoms with E-state index < -0.39 is 63.2 Å². The number of hydrogen-bond donors (Lipinski definition) is 3. The van der Waals surface area contributed by atoms with E-state index in [1.165, 1.54) is 23.1 Å². The summed E-state index contributed by atoms with van der Waals surface area (Å²) in [5.41, 5.74) is 4.72. The summed E-state index contributed by atoms with van der Waals surface area (Å²) < 4.78 is 102. The Labute approximate surface area is 380 Å². The van der Waals surface area contributed by atoms with Crippen molar-refractivity contribution in [3.05, 3.63) is 52.4 Å². The van der Waals surface area contributed by atoms with E-state index in [1.807, 2.05) is 6.92 Å². The molecule has 7 fully saturated rings. The van der Waals surface area contributed by atoms with Crippen LogP contribution in [0.2, 0.25) is 5.02 Å². The number of aromatic nitrogens is 2. The lowest BCUT2D eigenvalue weighted by Crippen LogP contribution is -2.60. The highest BCUT2D eigenvalue weighted by molar-refractivity contribution is 6.31. The van der Waals surface area contributed by atoms with Gasteiger partial charge in [0.15, 0.2) is 0 Å². The predicted octanol–water partition coefficient (Wildman–Crippen LogP) is 8.55. The largest absolute Gasteiger partial charge is 0.481 e. The first-order chi connectivity index (χ1) is 30.6. The number of hydrogen-bond acceptors (Lipinski definition) is 8. The van der Waals surface area contributed by atoms with Gasteiger partial charge in [-0.05, 0) is 90.3 Å². The number of aliphatic carboxylic acids is 1. The minimum Gasteiger partial charge on any atom is -0.481 e. The molecule has 10 rings (SSSR count). The smallest absolute Gasteiger partial charge is 0.318 e. The molecule has 8 aliphatic rings. The van der Waals surface area contributed by atoms with Gasteiger partial charge < -0.3 is 30.5 Å². The number of primary amides is 1. The first-order valence-electron chi connectivity index (χ1n) is 21.9. The predicted molar refractivity (Wildman–Crippen MR) is 222 cm³/mol. The number of allylic oxidation sites excluding steroid dienone is 1. The van der Waals surface area contributed by atoms with Crippen LogP contribution in [-0.2, 0) is 36.9 Å². The average molecular weight is 960 g/mol. The molecular formula is C45H53ClF7N5O8. The Hall–Kier alpha value is -4.88. The molecule has 3 spiro atoms. The molecule has 66 heavy (non-hydrogen) atoms. The van der Waals surface area contributed by atoms with Gasteiger partial charge in [0.05, 0.1) is 60.3 Å². The van der Waals surface area contributed by atoms with E-state index in [4.69, 9.17) is 31.9 Å². The van der Waals surface area contributed by atoms with E-state index in [-0.39, 0.29) is 97.6 Å². The normalized spacial score (nSPS) is 31.5. The van der Waals surface area contributed by atoms with Crippen LogP contribution < -0.4 is 11.1 Å². The number of amides is 3. The van der Waals surface area contributed by atoms with Crippen LogP contribution in [0.5, 0.6) is 0 Å². The Morgan fingerprint density at radius 2 is 1.33 bits per heavy atom. The summed E-state index contributed by atoms with van der Waals surface area (Å²) in [7, 11) is 0. The van der Waals surface area contributed by atoms with Crippen molar-refractivity contribution >= 4 is 41.4 Å².